The van der Waals surface area contributed by atoms with Crippen molar-refractivity contribution in [3.8, 4) is 0 Å². The number of carbonyl (C=O) groups is 2. The van der Waals surface area contributed by atoms with E-state index in [2.05, 4.69) is 24.2 Å². The van der Waals surface area contributed by atoms with Crippen molar-refractivity contribution in [3.05, 3.63) is 0 Å². The molecule has 1 heterocycles. The van der Waals surface area contributed by atoms with E-state index in [0.29, 0.717) is 12.5 Å². The maximum Gasteiger partial charge on any atom is 0.317 e. The number of carbonyl (C=O) groups excluding carboxylic acids is 1. The largest absolute Gasteiger partial charge is 0.481 e. The Balaban J connectivity index is 1.85. The summed E-state index contributed by atoms with van der Waals surface area (Å²) in [5.41, 5.74) is 0. The van der Waals surface area contributed by atoms with Crippen LogP contribution in [0.4, 0.5) is 4.79 Å². The molecule has 6 heteroatoms. The fourth-order valence-corrected chi connectivity index (χ4v) is 3.38. The quantitative estimate of drug-likeness (QED) is 0.825. The number of nitrogens with zero attached hydrogens (tertiary/aromatic N) is 2. The number of amides is 2. The van der Waals surface area contributed by atoms with Crippen molar-refractivity contribution >= 4 is 12.0 Å². The van der Waals surface area contributed by atoms with Gasteiger partial charge in [-0.15, -0.1) is 0 Å². The highest BCUT2D eigenvalue weighted by atomic mass is 16.4. The third kappa shape index (κ3) is 4.09. The summed E-state index contributed by atoms with van der Waals surface area (Å²) in [6.45, 7) is 4.54. The van der Waals surface area contributed by atoms with Gasteiger partial charge < -0.3 is 15.3 Å². The Morgan fingerprint density at radius 1 is 1.29 bits per heavy atom. The van der Waals surface area contributed by atoms with Gasteiger partial charge in [0.05, 0.1) is 5.92 Å². The minimum Gasteiger partial charge on any atom is -0.481 e. The number of aliphatic carboxylic acids is 1. The summed E-state index contributed by atoms with van der Waals surface area (Å²) in [6.07, 6.45) is 4.09. The lowest BCUT2D eigenvalue weighted by atomic mass is 9.86. The third-order valence-electron chi connectivity index (χ3n) is 4.89. The lowest BCUT2D eigenvalue weighted by Crippen LogP contribution is -2.56. The molecule has 1 aliphatic carbocycles. The maximum absolute atomic E-state index is 12.4. The van der Waals surface area contributed by atoms with E-state index in [0.717, 1.165) is 45.3 Å². The highest BCUT2D eigenvalue weighted by Crippen LogP contribution is 2.24. The van der Waals surface area contributed by atoms with E-state index in [1.54, 1.807) is 0 Å². The van der Waals surface area contributed by atoms with Crippen LogP contribution in [0.5, 0.6) is 0 Å². The smallest absolute Gasteiger partial charge is 0.317 e. The van der Waals surface area contributed by atoms with Crippen LogP contribution >= 0.6 is 0 Å². The molecule has 2 amide bonds. The molecule has 3 atom stereocenters. The number of urea groups is 1. The molecule has 2 fully saturated rings. The molecule has 1 aliphatic heterocycles. The second-order valence-electron chi connectivity index (χ2n) is 6.34. The van der Waals surface area contributed by atoms with E-state index in [1.165, 1.54) is 0 Å². The zero-order valence-electron chi connectivity index (χ0n) is 13.0. The monoisotopic (exact) mass is 297 g/mol. The van der Waals surface area contributed by atoms with Crippen LogP contribution in [0.25, 0.3) is 0 Å². The Labute approximate surface area is 126 Å². The molecule has 0 aromatic rings. The molecule has 0 aromatic carbocycles. The van der Waals surface area contributed by atoms with Gasteiger partial charge in [0.1, 0.15) is 0 Å². The number of nitrogens with one attached hydrogen (secondary N) is 1. The lowest BCUT2D eigenvalue weighted by Gasteiger charge is -2.40. The van der Waals surface area contributed by atoms with Gasteiger partial charge >= 0.3 is 12.0 Å². The normalized spacial score (nSPS) is 31.0. The first-order valence-corrected chi connectivity index (χ1v) is 7.99. The van der Waals surface area contributed by atoms with Gasteiger partial charge in [0.25, 0.3) is 0 Å². The number of hydrogen-bond acceptors (Lipinski definition) is 3. The van der Waals surface area contributed by atoms with E-state index in [1.807, 2.05) is 4.90 Å². The Kier molecular flexibility index (Phi) is 5.45. The Bertz CT molecular complexity index is 388. The molecule has 6 nitrogen and oxygen atoms in total. The van der Waals surface area contributed by atoms with Crippen molar-refractivity contribution in [2.24, 2.45) is 5.92 Å². The first kappa shape index (κ1) is 16.1. The van der Waals surface area contributed by atoms with Crippen LogP contribution in [-0.4, -0.2) is 65.7 Å². The third-order valence-corrected chi connectivity index (χ3v) is 4.89. The predicted octanol–water partition coefficient (Wildman–Crippen LogP) is 1.37. The van der Waals surface area contributed by atoms with Crippen LogP contribution < -0.4 is 5.32 Å². The predicted molar refractivity (Wildman–Crippen MR) is 80.2 cm³/mol. The molecule has 0 spiro atoms. The van der Waals surface area contributed by atoms with Crippen LogP contribution in [0.1, 0.15) is 39.0 Å². The van der Waals surface area contributed by atoms with Crippen LogP contribution in [0.15, 0.2) is 0 Å². The molecule has 2 rings (SSSR count). The molecule has 21 heavy (non-hydrogen) atoms. The number of rotatable bonds is 3. The van der Waals surface area contributed by atoms with E-state index < -0.39 is 5.97 Å². The fourth-order valence-electron chi connectivity index (χ4n) is 3.38. The average Bonchev–Trinajstić information content (AvgIpc) is 2.47. The van der Waals surface area contributed by atoms with Gasteiger partial charge in [-0.25, -0.2) is 4.79 Å². The summed E-state index contributed by atoms with van der Waals surface area (Å²) in [5, 5.41) is 12.1. The summed E-state index contributed by atoms with van der Waals surface area (Å²) in [4.78, 5) is 27.6. The Morgan fingerprint density at radius 2 is 2.05 bits per heavy atom. The number of likely N-dealkylation sites (N-methyl/N-ethyl adjacent to an activating group) is 1. The molecule has 0 aromatic heterocycles. The van der Waals surface area contributed by atoms with Crippen molar-refractivity contribution in [1.82, 2.24) is 15.1 Å². The SMILES string of the molecule is CCC1CN(C(=O)NC2CCCC(C(=O)O)C2)CCN1C. The van der Waals surface area contributed by atoms with Crippen LogP contribution in [0, 0.1) is 5.92 Å². The van der Waals surface area contributed by atoms with E-state index in [-0.39, 0.29) is 18.0 Å². The molecule has 1 saturated heterocycles. The lowest BCUT2D eigenvalue weighted by molar-refractivity contribution is -0.143. The Hall–Kier alpha value is -1.30. The zero-order chi connectivity index (χ0) is 15.4. The van der Waals surface area contributed by atoms with Crippen molar-refractivity contribution in [1.29, 1.82) is 0 Å². The first-order valence-electron chi connectivity index (χ1n) is 7.99. The number of piperazine rings is 1. The minimum absolute atomic E-state index is 0.00656. The molecular formula is C15H27N3O3. The van der Waals surface area contributed by atoms with Crippen molar-refractivity contribution < 1.29 is 14.7 Å². The summed E-state index contributed by atoms with van der Waals surface area (Å²) in [7, 11) is 2.10. The number of carboxylic acids is 1. The van der Waals surface area contributed by atoms with Gasteiger partial charge in [-0.05, 0) is 32.7 Å². The van der Waals surface area contributed by atoms with Gasteiger partial charge in [-0.2, -0.15) is 0 Å². The van der Waals surface area contributed by atoms with Gasteiger partial charge in [-0.1, -0.05) is 13.3 Å². The van der Waals surface area contributed by atoms with E-state index >= 15 is 0 Å². The summed E-state index contributed by atoms with van der Waals surface area (Å²) >= 11 is 0. The number of hydrogen-bond donors (Lipinski definition) is 2. The van der Waals surface area contributed by atoms with Gasteiger partial charge in [0, 0.05) is 31.7 Å². The molecule has 3 unspecified atom stereocenters. The topological polar surface area (TPSA) is 72.9 Å². The van der Waals surface area contributed by atoms with E-state index in [9.17, 15) is 9.59 Å². The summed E-state index contributed by atoms with van der Waals surface area (Å²) in [5.74, 6) is -1.04. The van der Waals surface area contributed by atoms with Gasteiger partial charge in [0.15, 0.2) is 0 Å². The van der Waals surface area contributed by atoms with Gasteiger partial charge in [0.2, 0.25) is 0 Å². The van der Waals surface area contributed by atoms with Crippen LogP contribution in [0.3, 0.4) is 0 Å². The highest BCUT2D eigenvalue weighted by molar-refractivity contribution is 5.75. The summed E-state index contributed by atoms with van der Waals surface area (Å²) < 4.78 is 0. The minimum atomic E-state index is -0.736. The standard InChI is InChI=1S/C15H27N3O3/c1-3-13-10-18(8-7-17(13)2)15(21)16-12-6-4-5-11(9-12)14(19)20/h11-13H,3-10H2,1-2H3,(H,16,21)(H,19,20). The average molecular weight is 297 g/mol. The van der Waals surface area contributed by atoms with Crippen molar-refractivity contribution in [2.45, 2.75) is 51.1 Å². The molecule has 120 valence electrons. The van der Waals surface area contributed by atoms with Gasteiger partial charge in [-0.3, -0.25) is 9.69 Å². The Morgan fingerprint density at radius 3 is 2.71 bits per heavy atom. The summed E-state index contributed by atoms with van der Waals surface area (Å²) in [6, 6.07) is 0.396. The molecule has 1 saturated carbocycles. The fraction of sp³-hybridized carbons (Fsp3) is 0.867. The second-order valence-corrected chi connectivity index (χ2v) is 6.34. The van der Waals surface area contributed by atoms with Crippen LogP contribution in [-0.2, 0) is 4.79 Å². The second kappa shape index (κ2) is 7.11. The van der Waals surface area contributed by atoms with Crippen molar-refractivity contribution in [2.75, 3.05) is 26.7 Å². The highest BCUT2D eigenvalue weighted by Gasteiger charge is 2.31. The van der Waals surface area contributed by atoms with E-state index in [4.69, 9.17) is 5.11 Å². The number of carboxylic acid groups (broad SMARTS) is 1. The first-order chi connectivity index (χ1) is 10.0. The molecule has 0 radical (unpaired) electrons. The molecule has 2 aliphatic rings. The van der Waals surface area contributed by atoms with Crippen LogP contribution in [0.2, 0.25) is 0 Å². The molecule has 0 bridgehead atoms. The molecular weight excluding hydrogens is 270 g/mol. The molecule has 2 N–H and O–H groups in total. The maximum atomic E-state index is 12.4. The zero-order valence-corrected chi connectivity index (χ0v) is 13.0. The van der Waals surface area contributed by atoms with Crippen molar-refractivity contribution in [3.63, 3.8) is 0 Å².